The van der Waals surface area contributed by atoms with E-state index < -0.39 is 0 Å². The lowest BCUT2D eigenvalue weighted by Gasteiger charge is -2.22. The van der Waals surface area contributed by atoms with Gasteiger partial charge in [-0.2, -0.15) is 0 Å². The van der Waals surface area contributed by atoms with E-state index in [1.54, 1.807) is 18.1 Å². The number of thiocarbonyl (C=S) groups is 1. The van der Waals surface area contributed by atoms with Crippen LogP contribution in [0, 0.1) is 5.41 Å². The summed E-state index contributed by atoms with van der Waals surface area (Å²) in [6, 6.07) is 5.83. The molecular weight excluding hydrogens is 234 g/mol. The van der Waals surface area contributed by atoms with Gasteiger partial charge in [0.05, 0.1) is 0 Å². The number of rotatable bonds is 4. The van der Waals surface area contributed by atoms with Crippen molar-refractivity contribution in [2.75, 3.05) is 13.6 Å². The standard InChI is InChI=1S/C11H17N5S/c1-14-11(17)16(10(12)13)8-4-6-9-5-2-3-7-15-9/h2-3,5,7H,4,6,8H2,1H3,(H3,12,13)(H,14,17). The number of aryl methyl sites for hydroxylation is 1. The highest BCUT2D eigenvalue weighted by molar-refractivity contribution is 7.80. The molecule has 4 N–H and O–H groups in total. The molecule has 0 aliphatic rings. The summed E-state index contributed by atoms with van der Waals surface area (Å²) in [5.41, 5.74) is 6.49. The topological polar surface area (TPSA) is 78.0 Å². The van der Waals surface area contributed by atoms with Gasteiger partial charge in [-0.15, -0.1) is 0 Å². The van der Waals surface area contributed by atoms with Gasteiger partial charge in [0.25, 0.3) is 0 Å². The summed E-state index contributed by atoms with van der Waals surface area (Å²) in [7, 11) is 1.72. The summed E-state index contributed by atoms with van der Waals surface area (Å²) in [4.78, 5) is 5.80. The van der Waals surface area contributed by atoms with Gasteiger partial charge in [-0.25, -0.2) is 0 Å². The molecule has 5 nitrogen and oxygen atoms in total. The van der Waals surface area contributed by atoms with Crippen LogP contribution in [0.15, 0.2) is 24.4 Å². The van der Waals surface area contributed by atoms with E-state index in [1.165, 1.54) is 0 Å². The monoisotopic (exact) mass is 251 g/mol. The van der Waals surface area contributed by atoms with Gasteiger partial charge in [-0.1, -0.05) is 6.07 Å². The predicted molar refractivity (Wildman–Crippen MR) is 72.8 cm³/mol. The Labute approximate surface area is 107 Å². The minimum absolute atomic E-state index is 0.0367. The molecule has 6 heteroatoms. The van der Waals surface area contributed by atoms with E-state index in [9.17, 15) is 0 Å². The van der Waals surface area contributed by atoms with E-state index in [1.807, 2.05) is 18.2 Å². The molecule has 0 aliphatic heterocycles. The summed E-state index contributed by atoms with van der Waals surface area (Å²) in [6.45, 7) is 0.617. The van der Waals surface area contributed by atoms with Gasteiger partial charge in [0, 0.05) is 25.5 Å². The van der Waals surface area contributed by atoms with E-state index in [-0.39, 0.29) is 5.96 Å². The van der Waals surface area contributed by atoms with Crippen molar-refractivity contribution >= 4 is 23.3 Å². The molecule has 0 atom stereocenters. The maximum atomic E-state index is 7.43. The van der Waals surface area contributed by atoms with E-state index in [2.05, 4.69) is 10.3 Å². The zero-order valence-electron chi connectivity index (χ0n) is 9.81. The average molecular weight is 251 g/mol. The number of hydrogen-bond donors (Lipinski definition) is 3. The van der Waals surface area contributed by atoms with Crippen LogP contribution in [0.3, 0.4) is 0 Å². The van der Waals surface area contributed by atoms with Crippen LogP contribution in [0.25, 0.3) is 0 Å². The Kier molecular flexibility index (Phi) is 5.35. The van der Waals surface area contributed by atoms with Crippen LogP contribution in [0.5, 0.6) is 0 Å². The number of guanidine groups is 1. The van der Waals surface area contributed by atoms with E-state index in [4.69, 9.17) is 23.4 Å². The molecule has 1 rings (SSSR count). The molecule has 0 spiro atoms. The normalized spacial score (nSPS) is 9.71. The highest BCUT2D eigenvalue weighted by atomic mass is 32.1. The van der Waals surface area contributed by atoms with Gasteiger partial charge in [0.15, 0.2) is 11.1 Å². The van der Waals surface area contributed by atoms with Crippen LogP contribution in [0.1, 0.15) is 12.1 Å². The second-order valence-corrected chi connectivity index (χ2v) is 3.90. The highest BCUT2D eigenvalue weighted by Gasteiger charge is 2.10. The fourth-order valence-electron chi connectivity index (χ4n) is 1.43. The molecule has 0 aromatic carbocycles. The summed E-state index contributed by atoms with van der Waals surface area (Å²) in [5, 5.41) is 10.7. The Morgan fingerprint density at radius 3 is 2.88 bits per heavy atom. The number of nitrogens with two attached hydrogens (primary N) is 1. The van der Waals surface area contributed by atoms with Crippen molar-refractivity contribution in [1.29, 1.82) is 5.41 Å². The lowest BCUT2D eigenvalue weighted by atomic mass is 10.2. The van der Waals surface area contributed by atoms with Crippen molar-refractivity contribution in [2.24, 2.45) is 5.73 Å². The highest BCUT2D eigenvalue weighted by Crippen LogP contribution is 2.00. The van der Waals surface area contributed by atoms with Crippen LogP contribution in [0.4, 0.5) is 0 Å². The minimum atomic E-state index is -0.0367. The average Bonchev–Trinajstić information content (AvgIpc) is 2.34. The van der Waals surface area contributed by atoms with Crippen molar-refractivity contribution in [3.05, 3.63) is 30.1 Å². The molecule has 0 radical (unpaired) electrons. The van der Waals surface area contributed by atoms with Crippen LogP contribution in [-0.2, 0) is 6.42 Å². The molecule has 0 saturated heterocycles. The Hall–Kier alpha value is -1.69. The molecular formula is C11H17N5S. The fourth-order valence-corrected chi connectivity index (χ4v) is 1.62. The van der Waals surface area contributed by atoms with Crippen LogP contribution in [0.2, 0.25) is 0 Å². The van der Waals surface area contributed by atoms with E-state index in [0.717, 1.165) is 18.5 Å². The van der Waals surface area contributed by atoms with Crippen molar-refractivity contribution < 1.29 is 0 Å². The van der Waals surface area contributed by atoms with Crippen molar-refractivity contribution in [3.63, 3.8) is 0 Å². The van der Waals surface area contributed by atoms with Gasteiger partial charge in [-0.3, -0.25) is 15.3 Å². The van der Waals surface area contributed by atoms with Crippen molar-refractivity contribution in [3.8, 4) is 0 Å². The molecule has 1 heterocycles. The van der Waals surface area contributed by atoms with Gasteiger partial charge in [0.1, 0.15) is 0 Å². The first-order valence-corrected chi connectivity index (χ1v) is 5.79. The van der Waals surface area contributed by atoms with Gasteiger partial charge < -0.3 is 11.1 Å². The second kappa shape index (κ2) is 6.80. The van der Waals surface area contributed by atoms with Crippen LogP contribution >= 0.6 is 12.2 Å². The van der Waals surface area contributed by atoms with Gasteiger partial charge in [0.2, 0.25) is 0 Å². The molecule has 1 aromatic rings. The molecule has 0 aliphatic carbocycles. The first-order valence-electron chi connectivity index (χ1n) is 5.38. The Morgan fingerprint density at radius 1 is 1.59 bits per heavy atom. The smallest absolute Gasteiger partial charge is 0.194 e. The summed E-state index contributed by atoms with van der Waals surface area (Å²) in [5.74, 6) is -0.0367. The first kappa shape index (κ1) is 13.4. The SMILES string of the molecule is CNC(=S)N(CCCc1ccccn1)C(=N)N. The number of hydrogen-bond acceptors (Lipinski definition) is 3. The largest absolute Gasteiger partial charge is 0.370 e. The molecule has 0 fully saturated rings. The van der Waals surface area contributed by atoms with Gasteiger partial charge >= 0.3 is 0 Å². The van der Waals surface area contributed by atoms with Crippen molar-refractivity contribution in [2.45, 2.75) is 12.8 Å². The molecule has 92 valence electrons. The minimum Gasteiger partial charge on any atom is -0.370 e. The third-order valence-electron chi connectivity index (χ3n) is 2.29. The number of aromatic nitrogens is 1. The Morgan fingerprint density at radius 2 is 2.35 bits per heavy atom. The van der Waals surface area contributed by atoms with E-state index >= 15 is 0 Å². The first-order chi connectivity index (χ1) is 8.15. The number of nitrogens with one attached hydrogen (secondary N) is 2. The van der Waals surface area contributed by atoms with Crippen LogP contribution < -0.4 is 11.1 Å². The Bertz CT molecular complexity index is 379. The lowest BCUT2D eigenvalue weighted by molar-refractivity contribution is 0.557. The quantitative estimate of drug-likeness (QED) is 0.417. The lowest BCUT2D eigenvalue weighted by Crippen LogP contribution is -2.46. The molecule has 1 aromatic heterocycles. The number of nitrogens with zero attached hydrogens (tertiary/aromatic N) is 2. The van der Waals surface area contributed by atoms with E-state index in [0.29, 0.717) is 11.7 Å². The molecule has 0 amide bonds. The predicted octanol–water partition coefficient (Wildman–Crippen LogP) is 0.714. The molecule has 17 heavy (non-hydrogen) atoms. The summed E-state index contributed by atoms with van der Waals surface area (Å²) >= 11 is 5.06. The maximum Gasteiger partial charge on any atom is 0.194 e. The maximum absolute atomic E-state index is 7.43. The zero-order chi connectivity index (χ0) is 12.7. The summed E-state index contributed by atoms with van der Waals surface area (Å²) < 4.78 is 0. The van der Waals surface area contributed by atoms with Crippen molar-refractivity contribution in [1.82, 2.24) is 15.2 Å². The summed E-state index contributed by atoms with van der Waals surface area (Å²) in [6.07, 6.45) is 3.46. The molecule has 0 saturated carbocycles. The number of pyridine rings is 1. The zero-order valence-corrected chi connectivity index (χ0v) is 10.6. The third kappa shape index (κ3) is 4.36. The fraction of sp³-hybridized carbons (Fsp3) is 0.364. The van der Waals surface area contributed by atoms with Crippen LogP contribution in [-0.4, -0.2) is 34.5 Å². The van der Waals surface area contributed by atoms with Gasteiger partial charge in [-0.05, 0) is 37.2 Å². The third-order valence-corrected chi connectivity index (χ3v) is 2.72. The molecule has 0 unspecified atom stereocenters. The molecule has 0 bridgehead atoms. The Balaban J connectivity index is 2.43. The second-order valence-electron chi connectivity index (χ2n) is 3.52.